The van der Waals surface area contributed by atoms with Gasteiger partial charge in [-0.1, -0.05) is 42.5 Å². The van der Waals surface area contributed by atoms with Crippen molar-refractivity contribution < 1.29 is 5.11 Å². The lowest BCUT2D eigenvalue weighted by atomic mass is 10.2. The topological polar surface area (TPSA) is 32.3 Å². The molecule has 14 heavy (non-hydrogen) atoms. The minimum Gasteiger partial charge on any atom is -0.392 e. The summed E-state index contributed by atoms with van der Waals surface area (Å²) in [6.45, 7) is 3.20. The van der Waals surface area contributed by atoms with E-state index in [0.29, 0.717) is 6.54 Å². The highest BCUT2D eigenvalue weighted by Crippen LogP contribution is 1.99. The first-order chi connectivity index (χ1) is 6.79. The van der Waals surface area contributed by atoms with Gasteiger partial charge in [-0.15, -0.1) is 0 Å². The summed E-state index contributed by atoms with van der Waals surface area (Å²) < 4.78 is 0. The van der Waals surface area contributed by atoms with Gasteiger partial charge in [0.2, 0.25) is 0 Å². The van der Waals surface area contributed by atoms with Crippen LogP contribution in [0.15, 0.2) is 36.4 Å². The number of rotatable bonds is 5. The van der Waals surface area contributed by atoms with Crippen molar-refractivity contribution in [3.05, 3.63) is 42.0 Å². The van der Waals surface area contributed by atoms with Crippen LogP contribution in [0.1, 0.15) is 12.5 Å². The van der Waals surface area contributed by atoms with Crippen molar-refractivity contribution in [2.75, 3.05) is 13.1 Å². The van der Waals surface area contributed by atoms with E-state index in [9.17, 15) is 0 Å². The quantitative estimate of drug-likeness (QED) is 0.694. The van der Waals surface area contributed by atoms with E-state index in [1.807, 2.05) is 18.2 Å². The Morgan fingerprint density at radius 1 is 1.36 bits per heavy atom. The van der Waals surface area contributed by atoms with Crippen LogP contribution in [0.2, 0.25) is 0 Å². The van der Waals surface area contributed by atoms with Crippen LogP contribution in [0.4, 0.5) is 0 Å². The average molecular weight is 191 g/mol. The third-order valence-corrected chi connectivity index (χ3v) is 1.81. The molecule has 2 N–H and O–H groups in total. The second-order valence-electron chi connectivity index (χ2n) is 3.32. The summed E-state index contributed by atoms with van der Waals surface area (Å²) in [6, 6.07) is 10.2. The SMILES string of the molecule is CC(O)CNC/C=C/c1ccccc1. The van der Waals surface area contributed by atoms with E-state index in [2.05, 4.69) is 29.6 Å². The van der Waals surface area contributed by atoms with Crippen LogP contribution >= 0.6 is 0 Å². The third-order valence-electron chi connectivity index (χ3n) is 1.81. The van der Waals surface area contributed by atoms with Crippen LogP contribution in [0, 0.1) is 0 Å². The van der Waals surface area contributed by atoms with E-state index in [1.165, 1.54) is 5.56 Å². The van der Waals surface area contributed by atoms with E-state index in [-0.39, 0.29) is 6.10 Å². The largest absolute Gasteiger partial charge is 0.392 e. The number of hydrogen-bond donors (Lipinski definition) is 2. The van der Waals surface area contributed by atoms with Crippen LogP contribution in [-0.4, -0.2) is 24.3 Å². The van der Waals surface area contributed by atoms with Crippen molar-refractivity contribution in [2.24, 2.45) is 0 Å². The lowest BCUT2D eigenvalue weighted by Crippen LogP contribution is -2.24. The summed E-state index contributed by atoms with van der Waals surface area (Å²) in [6.07, 6.45) is 3.84. The van der Waals surface area contributed by atoms with Crippen molar-refractivity contribution in [2.45, 2.75) is 13.0 Å². The molecule has 0 aliphatic carbocycles. The Hall–Kier alpha value is -1.12. The summed E-state index contributed by atoms with van der Waals surface area (Å²) in [5.74, 6) is 0. The molecule has 76 valence electrons. The fraction of sp³-hybridized carbons (Fsp3) is 0.333. The zero-order chi connectivity index (χ0) is 10.2. The Morgan fingerprint density at radius 2 is 2.07 bits per heavy atom. The van der Waals surface area contributed by atoms with Crippen molar-refractivity contribution in [1.82, 2.24) is 5.32 Å². The Labute approximate surface area is 85.3 Å². The fourth-order valence-corrected chi connectivity index (χ4v) is 1.13. The molecule has 0 saturated heterocycles. The highest BCUT2D eigenvalue weighted by molar-refractivity contribution is 5.48. The molecule has 0 heterocycles. The number of nitrogens with one attached hydrogen (secondary N) is 1. The van der Waals surface area contributed by atoms with Crippen LogP contribution in [0.25, 0.3) is 6.08 Å². The van der Waals surface area contributed by atoms with Crippen LogP contribution in [0.3, 0.4) is 0 Å². The number of aliphatic hydroxyl groups excluding tert-OH is 1. The van der Waals surface area contributed by atoms with E-state index in [4.69, 9.17) is 5.11 Å². The smallest absolute Gasteiger partial charge is 0.0636 e. The molecule has 0 aliphatic heterocycles. The highest BCUT2D eigenvalue weighted by atomic mass is 16.3. The second-order valence-corrected chi connectivity index (χ2v) is 3.32. The normalized spacial score (nSPS) is 13.3. The molecule has 2 nitrogen and oxygen atoms in total. The van der Waals surface area contributed by atoms with Gasteiger partial charge in [0.15, 0.2) is 0 Å². The molecule has 0 saturated carbocycles. The molecular formula is C12H17NO. The molecule has 0 amide bonds. The number of benzene rings is 1. The predicted molar refractivity (Wildman–Crippen MR) is 60.0 cm³/mol. The van der Waals surface area contributed by atoms with Gasteiger partial charge in [-0.25, -0.2) is 0 Å². The molecule has 0 fully saturated rings. The molecule has 1 aromatic rings. The number of aliphatic hydroxyl groups is 1. The predicted octanol–water partition coefficient (Wildman–Crippen LogP) is 1.67. The molecule has 1 rings (SSSR count). The van der Waals surface area contributed by atoms with Gasteiger partial charge in [0.25, 0.3) is 0 Å². The van der Waals surface area contributed by atoms with Crippen molar-refractivity contribution in [3.8, 4) is 0 Å². The van der Waals surface area contributed by atoms with Crippen molar-refractivity contribution in [3.63, 3.8) is 0 Å². The van der Waals surface area contributed by atoms with E-state index in [1.54, 1.807) is 6.92 Å². The van der Waals surface area contributed by atoms with Gasteiger partial charge in [-0.05, 0) is 12.5 Å². The van der Waals surface area contributed by atoms with E-state index in [0.717, 1.165) is 6.54 Å². The van der Waals surface area contributed by atoms with Gasteiger partial charge in [-0.2, -0.15) is 0 Å². The maximum absolute atomic E-state index is 8.98. The zero-order valence-electron chi connectivity index (χ0n) is 8.48. The molecule has 1 aromatic carbocycles. The average Bonchev–Trinajstić information content (AvgIpc) is 2.18. The van der Waals surface area contributed by atoms with Crippen molar-refractivity contribution >= 4 is 6.08 Å². The minimum atomic E-state index is -0.278. The second kappa shape index (κ2) is 6.35. The molecule has 0 radical (unpaired) electrons. The third kappa shape index (κ3) is 4.80. The molecule has 2 heteroatoms. The highest BCUT2D eigenvalue weighted by Gasteiger charge is 1.90. The lowest BCUT2D eigenvalue weighted by molar-refractivity contribution is 0.193. The van der Waals surface area contributed by atoms with Gasteiger partial charge in [0, 0.05) is 13.1 Å². The van der Waals surface area contributed by atoms with Gasteiger partial charge < -0.3 is 10.4 Å². The maximum Gasteiger partial charge on any atom is 0.0636 e. The summed E-state index contributed by atoms with van der Waals surface area (Å²) in [5, 5.41) is 12.1. The maximum atomic E-state index is 8.98. The van der Waals surface area contributed by atoms with Crippen molar-refractivity contribution in [1.29, 1.82) is 0 Å². The molecular weight excluding hydrogens is 174 g/mol. The summed E-state index contributed by atoms with van der Waals surface area (Å²) in [7, 11) is 0. The van der Waals surface area contributed by atoms with Crippen LogP contribution in [-0.2, 0) is 0 Å². The lowest BCUT2D eigenvalue weighted by Gasteiger charge is -2.02. The van der Waals surface area contributed by atoms with E-state index >= 15 is 0 Å². The monoisotopic (exact) mass is 191 g/mol. The minimum absolute atomic E-state index is 0.278. The van der Waals surface area contributed by atoms with Crippen LogP contribution < -0.4 is 5.32 Å². The summed E-state index contributed by atoms with van der Waals surface area (Å²) >= 11 is 0. The van der Waals surface area contributed by atoms with Crippen LogP contribution in [0.5, 0.6) is 0 Å². The summed E-state index contributed by atoms with van der Waals surface area (Å²) in [5.41, 5.74) is 1.20. The Balaban J connectivity index is 2.21. The zero-order valence-corrected chi connectivity index (χ0v) is 8.48. The molecule has 0 bridgehead atoms. The standard InChI is InChI=1S/C12H17NO/c1-11(14)10-13-9-5-8-12-6-3-2-4-7-12/h2-8,11,13-14H,9-10H2,1H3/b8-5+. The number of hydrogen-bond acceptors (Lipinski definition) is 2. The molecule has 1 atom stereocenters. The Kier molecular flexibility index (Phi) is 4.97. The summed E-state index contributed by atoms with van der Waals surface area (Å²) in [4.78, 5) is 0. The van der Waals surface area contributed by atoms with E-state index < -0.39 is 0 Å². The van der Waals surface area contributed by atoms with Gasteiger partial charge in [0.1, 0.15) is 0 Å². The fourth-order valence-electron chi connectivity index (χ4n) is 1.13. The first-order valence-corrected chi connectivity index (χ1v) is 4.89. The Morgan fingerprint density at radius 3 is 2.71 bits per heavy atom. The molecule has 0 aromatic heterocycles. The first kappa shape index (κ1) is 11.0. The first-order valence-electron chi connectivity index (χ1n) is 4.89. The van der Waals surface area contributed by atoms with Gasteiger partial charge in [-0.3, -0.25) is 0 Å². The Bertz CT molecular complexity index is 267. The molecule has 0 aliphatic rings. The molecule has 1 unspecified atom stereocenters. The molecule has 0 spiro atoms. The van der Waals surface area contributed by atoms with Gasteiger partial charge >= 0.3 is 0 Å². The van der Waals surface area contributed by atoms with Gasteiger partial charge in [0.05, 0.1) is 6.10 Å².